The van der Waals surface area contributed by atoms with E-state index in [0.29, 0.717) is 0 Å². The number of aliphatic carboxylic acids is 1. The summed E-state index contributed by atoms with van der Waals surface area (Å²) in [6.45, 7) is 2.91. The molecule has 22 heavy (non-hydrogen) atoms. The standard InChI is InChI=1S/C13H17NO7S/c1-8-10(6-9(21-8)11(15)20-3)22(18,19)14-5-4-13(2,7-14)12(16)17/h6H,4-5,7H2,1-3H3,(H,16,17). The maximum absolute atomic E-state index is 12.6. The number of carbonyl (C=O) groups is 2. The molecule has 1 aliphatic rings. The first-order chi connectivity index (χ1) is 10.1. The first-order valence-electron chi connectivity index (χ1n) is 6.54. The Hall–Kier alpha value is -1.87. The van der Waals surface area contributed by atoms with Crippen molar-refractivity contribution in [2.75, 3.05) is 20.2 Å². The van der Waals surface area contributed by atoms with Crippen molar-refractivity contribution in [2.24, 2.45) is 5.41 Å². The Morgan fingerprint density at radius 3 is 2.59 bits per heavy atom. The number of carbonyl (C=O) groups excluding carboxylic acids is 1. The smallest absolute Gasteiger partial charge is 0.373 e. The number of rotatable bonds is 4. The second kappa shape index (κ2) is 5.40. The first kappa shape index (κ1) is 16.5. The maximum Gasteiger partial charge on any atom is 0.373 e. The lowest BCUT2D eigenvalue weighted by molar-refractivity contribution is -0.146. The van der Waals surface area contributed by atoms with Crippen LogP contribution in [0.15, 0.2) is 15.4 Å². The van der Waals surface area contributed by atoms with Crippen LogP contribution in [0, 0.1) is 12.3 Å². The van der Waals surface area contributed by atoms with E-state index < -0.39 is 27.4 Å². The number of carboxylic acids is 1. The van der Waals surface area contributed by atoms with Gasteiger partial charge in [0.05, 0.1) is 12.5 Å². The summed E-state index contributed by atoms with van der Waals surface area (Å²) in [6, 6.07) is 1.10. The predicted octanol–water partition coefficient (Wildman–Crippen LogP) is 0.860. The summed E-state index contributed by atoms with van der Waals surface area (Å²) < 4.78 is 35.9. The number of esters is 1. The van der Waals surface area contributed by atoms with Gasteiger partial charge in [0.25, 0.3) is 0 Å². The molecule has 8 nitrogen and oxygen atoms in total. The van der Waals surface area contributed by atoms with E-state index in [1.54, 1.807) is 0 Å². The Morgan fingerprint density at radius 1 is 1.45 bits per heavy atom. The maximum atomic E-state index is 12.6. The molecule has 2 heterocycles. The van der Waals surface area contributed by atoms with Gasteiger partial charge < -0.3 is 14.3 Å². The highest BCUT2D eigenvalue weighted by atomic mass is 32.2. The highest BCUT2D eigenvalue weighted by Crippen LogP contribution is 2.35. The van der Waals surface area contributed by atoms with Crippen molar-refractivity contribution < 1.29 is 32.3 Å². The molecule has 0 saturated carbocycles. The van der Waals surface area contributed by atoms with E-state index in [-0.39, 0.29) is 35.9 Å². The van der Waals surface area contributed by atoms with Crippen LogP contribution in [0.4, 0.5) is 0 Å². The molecule has 122 valence electrons. The van der Waals surface area contributed by atoms with Gasteiger partial charge in [-0.2, -0.15) is 4.31 Å². The molecule has 1 aromatic heterocycles. The van der Waals surface area contributed by atoms with Crippen LogP contribution in [0.5, 0.6) is 0 Å². The molecule has 1 N–H and O–H groups in total. The van der Waals surface area contributed by atoms with E-state index in [4.69, 9.17) is 4.42 Å². The molecule has 0 amide bonds. The molecule has 0 radical (unpaired) electrons. The average molecular weight is 331 g/mol. The van der Waals surface area contributed by atoms with E-state index in [0.717, 1.165) is 17.5 Å². The molecular formula is C13H17NO7S. The van der Waals surface area contributed by atoms with Gasteiger partial charge in [0.1, 0.15) is 10.7 Å². The van der Waals surface area contributed by atoms with E-state index in [1.807, 2.05) is 0 Å². The van der Waals surface area contributed by atoms with Crippen LogP contribution in [-0.4, -0.2) is 50.0 Å². The number of nitrogens with zero attached hydrogens (tertiary/aromatic N) is 1. The molecular weight excluding hydrogens is 314 g/mol. The Morgan fingerprint density at radius 2 is 2.09 bits per heavy atom. The fourth-order valence-electron chi connectivity index (χ4n) is 2.36. The third kappa shape index (κ3) is 2.61. The number of carboxylic acid groups (broad SMARTS) is 1. The molecule has 1 aliphatic heterocycles. The monoisotopic (exact) mass is 331 g/mol. The van der Waals surface area contributed by atoms with E-state index in [9.17, 15) is 23.1 Å². The lowest BCUT2D eigenvalue weighted by Crippen LogP contribution is -2.35. The van der Waals surface area contributed by atoms with Gasteiger partial charge in [0, 0.05) is 19.2 Å². The third-order valence-electron chi connectivity index (χ3n) is 3.83. The Kier molecular flexibility index (Phi) is 4.05. The predicted molar refractivity (Wildman–Crippen MR) is 73.9 cm³/mol. The van der Waals surface area contributed by atoms with Gasteiger partial charge in [-0.25, -0.2) is 13.2 Å². The van der Waals surface area contributed by atoms with Crippen LogP contribution in [0.2, 0.25) is 0 Å². The van der Waals surface area contributed by atoms with Gasteiger partial charge in [-0.15, -0.1) is 0 Å². The van der Waals surface area contributed by atoms with Crippen LogP contribution in [0.25, 0.3) is 0 Å². The largest absolute Gasteiger partial charge is 0.481 e. The van der Waals surface area contributed by atoms with Crippen molar-refractivity contribution in [3.05, 3.63) is 17.6 Å². The number of sulfonamides is 1. The zero-order chi connectivity index (χ0) is 16.7. The number of furan rings is 1. The van der Waals surface area contributed by atoms with Crippen molar-refractivity contribution in [2.45, 2.75) is 25.2 Å². The Labute approximate surface area is 127 Å². The quantitative estimate of drug-likeness (QED) is 0.814. The van der Waals surface area contributed by atoms with Gasteiger partial charge in [0.2, 0.25) is 15.8 Å². The zero-order valence-corrected chi connectivity index (χ0v) is 13.3. The van der Waals surface area contributed by atoms with Crippen molar-refractivity contribution in [1.82, 2.24) is 4.31 Å². The molecule has 1 saturated heterocycles. The normalized spacial score (nSPS) is 22.7. The number of hydrogen-bond acceptors (Lipinski definition) is 6. The number of hydrogen-bond donors (Lipinski definition) is 1. The number of ether oxygens (including phenoxy) is 1. The summed E-state index contributed by atoms with van der Waals surface area (Å²) in [5, 5.41) is 9.19. The molecule has 2 rings (SSSR count). The summed E-state index contributed by atoms with van der Waals surface area (Å²) in [7, 11) is -2.77. The van der Waals surface area contributed by atoms with E-state index in [1.165, 1.54) is 13.8 Å². The molecule has 0 spiro atoms. The van der Waals surface area contributed by atoms with Gasteiger partial charge in [-0.05, 0) is 20.3 Å². The molecule has 1 unspecified atom stereocenters. The first-order valence-corrected chi connectivity index (χ1v) is 7.98. The highest BCUT2D eigenvalue weighted by molar-refractivity contribution is 7.89. The van der Waals surface area contributed by atoms with Crippen LogP contribution in [0.1, 0.15) is 29.7 Å². The Bertz CT molecular complexity index is 721. The second-order valence-corrected chi connectivity index (χ2v) is 7.38. The van der Waals surface area contributed by atoms with Gasteiger partial charge in [-0.3, -0.25) is 4.79 Å². The minimum Gasteiger partial charge on any atom is -0.481 e. The molecule has 0 aromatic carbocycles. The minimum atomic E-state index is -3.93. The molecule has 1 fully saturated rings. The number of aryl methyl sites for hydroxylation is 1. The average Bonchev–Trinajstić information content (AvgIpc) is 3.03. The lowest BCUT2D eigenvalue weighted by Gasteiger charge is -2.19. The molecule has 9 heteroatoms. The third-order valence-corrected chi connectivity index (χ3v) is 5.78. The fourth-order valence-corrected chi connectivity index (χ4v) is 4.09. The van der Waals surface area contributed by atoms with Gasteiger partial charge in [-0.1, -0.05) is 0 Å². The van der Waals surface area contributed by atoms with Crippen molar-refractivity contribution in [3.63, 3.8) is 0 Å². The number of methoxy groups -OCH3 is 1. The van der Waals surface area contributed by atoms with E-state index >= 15 is 0 Å². The fraction of sp³-hybridized carbons (Fsp3) is 0.538. The summed E-state index contributed by atoms with van der Waals surface area (Å²) in [4.78, 5) is 22.5. The summed E-state index contributed by atoms with van der Waals surface area (Å²) in [5.74, 6) is -1.96. The summed E-state index contributed by atoms with van der Waals surface area (Å²) in [6.07, 6.45) is 0.225. The van der Waals surface area contributed by atoms with Crippen LogP contribution < -0.4 is 0 Å². The molecule has 1 atom stereocenters. The lowest BCUT2D eigenvalue weighted by atomic mass is 9.90. The van der Waals surface area contributed by atoms with E-state index in [2.05, 4.69) is 4.74 Å². The summed E-state index contributed by atoms with van der Waals surface area (Å²) >= 11 is 0. The van der Waals surface area contributed by atoms with Gasteiger partial charge >= 0.3 is 11.9 Å². The van der Waals surface area contributed by atoms with Crippen molar-refractivity contribution >= 4 is 22.0 Å². The Balaban J connectivity index is 2.35. The molecule has 1 aromatic rings. The molecule has 0 bridgehead atoms. The van der Waals surface area contributed by atoms with Crippen LogP contribution >= 0.6 is 0 Å². The highest BCUT2D eigenvalue weighted by Gasteiger charge is 2.45. The van der Waals surface area contributed by atoms with Gasteiger partial charge in [0.15, 0.2) is 0 Å². The summed E-state index contributed by atoms with van der Waals surface area (Å²) in [5.41, 5.74) is -1.12. The van der Waals surface area contributed by atoms with Crippen molar-refractivity contribution in [1.29, 1.82) is 0 Å². The molecule has 0 aliphatic carbocycles. The second-order valence-electron chi connectivity index (χ2n) is 5.48. The SMILES string of the molecule is COC(=O)c1cc(S(=O)(=O)N2CCC(C)(C(=O)O)C2)c(C)o1. The minimum absolute atomic E-state index is 0.0596. The topological polar surface area (TPSA) is 114 Å². The van der Waals surface area contributed by atoms with Crippen molar-refractivity contribution in [3.8, 4) is 0 Å². The van der Waals surface area contributed by atoms with Crippen LogP contribution in [0.3, 0.4) is 0 Å². The van der Waals surface area contributed by atoms with Crippen LogP contribution in [-0.2, 0) is 19.6 Å². The zero-order valence-electron chi connectivity index (χ0n) is 12.5.